The van der Waals surface area contributed by atoms with E-state index in [0.29, 0.717) is 0 Å². The fraction of sp³-hybridized carbons (Fsp3) is 0.409. The van der Waals surface area contributed by atoms with E-state index in [2.05, 4.69) is 60.6 Å². The maximum absolute atomic E-state index is 10.4. The third kappa shape index (κ3) is 5.84. The molecule has 0 heterocycles. The molecule has 24 heavy (non-hydrogen) atoms. The van der Waals surface area contributed by atoms with Crippen molar-refractivity contribution in [1.82, 2.24) is 0 Å². The van der Waals surface area contributed by atoms with Crippen LogP contribution in [0.3, 0.4) is 0 Å². The first kappa shape index (κ1) is 20.0. The normalized spacial score (nSPS) is 11.5. The standard InChI is InChI=1S/C11H17N.C11H14O/c1-8-5-6-9(10(12)7-8)11(2,3)4;1-11(2,3)10-6-4-9(8-12)5-7-10/h5-7H,12H2,1-4H3;4-8H,1-3H3. The number of anilines is 1. The van der Waals surface area contributed by atoms with E-state index in [1.54, 1.807) is 0 Å². The molecule has 130 valence electrons. The highest BCUT2D eigenvalue weighted by atomic mass is 16.1. The molecule has 0 aliphatic carbocycles. The number of nitrogen functional groups attached to an aromatic ring is 1. The van der Waals surface area contributed by atoms with E-state index in [4.69, 9.17) is 5.73 Å². The Hall–Kier alpha value is -2.09. The lowest BCUT2D eigenvalue weighted by Crippen LogP contribution is -2.13. The van der Waals surface area contributed by atoms with Gasteiger partial charge in [0.2, 0.25) is 0 Å². The zero-order chi connectivity index (χ0) is 18.5. The molecule has 2 rings (SSSR count). The van der Waals surface area contributed by atoms with Crippen LogP contribution >= 0.6 is 0 Å². The summed E-state index contributed by atoms with van der Waals surface area (Å²) >= 11 is 0. The van der Waals surface area contributed by atoms with Crippen molar-refractivity contribution >= 4 is 12.0 Å². The molecule has 0 atom stereocenters. The van der Waals surface area contributed by atoms with Crippen molar-refractivity contribution in [2.75, 3.05) is 5.73 Å². The number of carbonyl (C=O) groups excluding carboxylic acids is 1. The van der Waals surface area contributed by atoms with E-state index in [9.17, 15) is 4.79 Å². The summed E-state index contributed by atoms with van der Waals surface area (Å²) in [6.07, 6.45) is 0.867. The molecule has 0 saturated carbocycles. The maximum Gasteiger partial charge on any atom is 0.150 e. The molecule has 0 saturated heterocycles. The van der Waals surface area contributed by atoms with Crippen LogP contribution in [-0.2, 0) is 10.8 Å². The molecule has 0 spiro atoms. The van der Waals surface area contributed by atoms with Crippen LogP contribution in [0.5, 0.6) is 0 Å². The van der Waals surface area contributed by atoms with Gasteiger partial charge in [-0.25, -0.2) is 0 Å². The zero-order valence-corrected chi connectivity index (χ0v) is 16.1. The van der Waals surface area contributed by atoms with Gasteiger partial charge in [0.1, 0.15) is 6.29 Å². The summed E-state index contributed by atoms with van der Waals surface area (Å²) < 4.78 is 0. The van der Waals surface area contributed by atoms with Crippen molar-refractivity contribution < 1.29 is 4.79 Å². The van der Waals surface area contributed by atoms with Crippen LogP contribution in [0.1, 0.15) is 68.6 Å². The molecule has 0 bridgehead atoms. The molecule has 0 unspecified atom stereocenters. The number of benzene rings is 2. The van der Waals surface area contributed by atoms with Crippen LogP contribution in [0.25, 0.3) is 0 Å². The Kier molecular flexibility index (Phi) is 6.36. The summed E-state index contributed by atoms with van der Waals surface area (Å²) in [5.74, 6) is 0. The molecular weight excluding hydrogens is 294 g/mol. The summed E-state index contributed by atoms with van der Waals surface area (Å²) in [6, 6.07) is 14.0. The minimum atomic E-state index is 0.151. The fourth-order valence-corrected chi connectivity index (χ4v) is 2.43. The van der Waals surface area contributed by atoms with Gasteiger partial charge in [0.05, 0.1) is 0 Å². The number of rotatable bonds is 1. The summed E-state index contributed by atoms with van der Waals surface area (Å²) in [5.41, 5.74) is 11.6. The first-order valence-corrected chi connectivity index (χ1v) is 8.37. The molecule has 0 fully saturated rings. The average molecular weight is 325 g/mol. The van der Waals surface area contributed by atoms with Gasteiger partial charge in [0, 0.05) is 11.3 Å². The van der Waals surface area contributed by atoms with Crippen molar-refractivity contribution in [2.24, 2.45) is 0 Å². The first-order chi connectivity index (χ1) is 10.9. The number of nitrogens with two attached hydrogens (primary N) is 1. The highest BCUT2D eigenvalue weighted by Gasteiger charge is 2.16. The Morgan fingerprint density at radius 2 is 1.38 bits per heavy atom. The van der Waals surface area contributed by atoms with Crippen LogP contribution in [-0.4, -0.2) is 6.29 Å². The van der Waals surface area contributed by atoms with E-state index in [-0.39, 0.29) is 10.8 Å². The van der Waals surface area contributed by atoms with Gasteiger partial charge in [0.15, 0.2) is 0 Å². The van der Waals surface area contributed by atoms with Crippen molar-refractivity contribution in [3.05, 3.63) is 64.7 Å². The molecule has 2 aromatic rings. The predicted molar refractivity (Wildman–Crippen MR) is 105 cm³/mol. The lowest BCUT2D eigenvalue weighted by Gasteiger charge is -2.21. The average Bonchev–Trinajstić information content (AvgIpc) is 2.45. The van der Waals surface area contributed by atoms with Gasteiger partial charge < -0.3 is 5.73 Å². The smallest absolute Gasteiger partial charge is 0.150 e. The summed E-state index contributed by atoms with van der Waals surface area (Å²) in [5, 5.41) is 0. The Morgan fingerprint density at radius 3 is 1.75 bits per heavy atom. The third-order valence-electron chi connectivity index (χ3n) is 3.93. The van der Waals surface area contributed by atoms with Gasteiger partial charge in [-0.05, 0) is 40.5 Å². The van der Waals surface area contributed by atoms with Crippen LogP contribution in [0, 0.1) is 6.92 Å². The SMILES string of the molecule is CC(C)(C)c1ccc(C=O)cc1.Cc1ccc(C(C)(C)C)c(N)c1. The molecule has 0 aliphatic rings. The predicted octanol–water partition coefficient (Wildman–Crippen LogP) is 5.67. The maximum atomic E-state index is 10.4. The van der Waals surface area contributed by atoms with Gasteiger partial charge in [-0.3, -0.25) is 4.79 Å². The zero-order valence-electron chi connectivity index (χ0n) is 16.1. The molecule has 0 radical (unpaired) electrons. The Balaban J connectivity index is 0.000000240. The second-order valence-electron chi connectivity index (χ2n) is 8.33. The summed E-state index contributed by atoms with van der Waals surface area (Å²) in [4.78, 5) is 10.4. The number of aldehydes is 1. The van der Waals surface area contributed by atoms with Crippen LogP contribution < -0.4 is 5.73 Å². The van der Waals surface area contributed by atoms with E-state index in [0.717, 1.165) is 17.5 Å². The van der Waals surface area contributed by atoms with Gasteiger partial charge in [0.25, 0.3) is 0 Å². The largest absolute Gasteiger partial charge is 0.398 e. The Morgan fingerprint density at radius 1 is 0.833 bits per heavy atom. The number of aryl methyl sites for hydroxylation is 1. The molecule has 2 aromatic carbocycles. The van der Waals surface area contributed by atoms with Crippen LogP contribution in [0.2, 0.25) is 0 Å². The molecule has 0 aliphatic heterocycles. The van der Waals surface area contributed by atoms with Crippen LogP contribution in [0.4, 0.5) is 5.69 Å². The number of carbonyl (C=O) groups is 1. The van der Waals surface area contributed by atoms with E-state index >= 15 is 0 Å². The Bertz CT molecular complexity index is 671. The second-order valence-corrected chi connectivity index (χ2v) is 8.33. The molecular formula is C22H31NO. The molecule has 2 nitrogen and oxygen atoms in total. The van der Waals surface area contributed by atoms with Gasteiger partial charge in [-0.15, -0.1) is 0 Å². The van der Waals surface area contributed by atoms with Crippen LogP contribution in [0.15, 0.2) is 42.5 Å². The highest BCUT2D eigenvalue weighted by Crippen LogP contribution is 2.27. The Labute approximate surface area is 147 Å². The lowest BCUT2D eigenvalue weighted by molar-refractivity contribution is 0.112. The van der Waals surface area contributed by atoms with Gasteiger partial charge in [-0.2, -0.15) is 0 Å². The van der Waals surface area contributed by atoms with Crippen molar-refractivity contribution in [3.63, 3.8) is 0 Å². The minimum absolute atomic E-state index is 0.151. The number of hydrogen-bond acceptors (Lipinski definition) is 2. The second kappa shape index (κ2) is 7.65. The fourth-order valence-electron chi connectivity index (χ4n) is 2.43. The quantitative estimate of drug-likeness (QED) is 0.542. The minimum Gasteiger partial charge on any atom is -0.398 e. The van der Waals surface area contributed by atoms with Gasteiger partial charge >= 0.3 is 0 Å². The molecule has 0 amide bonds. The lowest BCUT2D eigenvalue weighted by atomic mass is 9.85. The van der Waals surface area contributed by atoms with Gasteiger partial charge in [-0.1, -0.05) is 77.9 Å². The van der Waals surface area contributed by atoms with Crippen molar-refractivity contribution in [1.29, 1.82) is 0 Å². The van der Waals surface area contributed by atoms with E-state index in [1.165, 1.54) is 16.7 Å². The number of hydrogen-bond donors (Lipinski definition) is 1. The summed E-state index contributed by atoms with van der Waals surface area (Å²) in [7, 11) is 0. The molecule has 2 N–H and O–H groups in total. The van der Waals surface area contributed by atoms with Crippen molar-refractivity contribution in [3.8, 4) is 0 Å². The highest BCUT2D eigenvalue weighted by molar-refractivity contribution is 5.74. The summed E-state index contributed by atoms with van der Waals surface area (Å²) in [6.45, 7) is 15.0. The third-order valence-corrected chi connectivity index (χ3v) is 3.93. The van der Waals surface area contributed by atoms with E-state index < -0.39 is 0 Å². The molecule has 2 heteroatoms. The topological polar surface area (TPSA) is 43.1 Å². The monoisotopic (exact) mass is 325 g/mol. The van der Waals surface area contributed by atoms with Crippen molar-refractivity contribution in [2.45, 2.75) is 59.3 Å². The van der Waals surface area contributed by atoms with E-state index in [1.807, 2.05) is 30.3 Å². The molecule has 0 aromatic heterocycles. The first-order valence-electron chi connectivity index (χ1n) is 8.37.